The van der Waals surface area contributed by atoms with Crippen LogP contribution in [0.2, 0.25) is 0 Å². The van der Waals surface area contributed by atoms with Crippen LogP contribution < -0.4 is 5.32 Å². The number of para-hydroxylation sites is 1. The summed E-state index contributed by atoms with van der Waals surface area (Å²) in [4.78, 5) is 16.6. The minimum absolute atomic E-state index is 0.173. The van der Waals surface area contributed by atoms with Gasteiger partial charge in [-0.1, -0.05) is 30.3 Å². The molecular weight excluding hydrogens is 345 g/mol. The number of anilines is 1. The van der Waals surface area contributed by atoms with Gasteiger partial charge in [0.15, 0.2) is 0 Å². The van der Waals surface area contributed by atoms with Crippen LogP contribution in [-0.2, 0) is 11.3 Å². The van der Waals surface area contributed by atoms with E-state index >= 15 is 0 Å². The number of aromatic nitrogens is 1. The van der Waals surface area contributed by atoms with E-state index < -0.39 is 12.8 Å². The zero-order chi connectivity index (χ0) is 18.6. The lowest BCUT2D eigenvalue weighted by atomic mass is 10.1. The zero-order valence-electron chi connectivity index (χ0n) is 13.6. The van der Waals surface area contributed by atoms with E-state index in [2.05, 4.69) is 15.0 Å². The van der Waals surface area contributed by atoms with Crippen LogP contribution in [0, 0.1) is 0 Å². The maximum Gasteiger partial charge on any atom is 0.411 e. The van der Waals surface area contributed by atoms with Crippen molar-refractivity contribution < 1.29 is 22.7 Å². The highest BCUT2D eigenvalue weighted by molar-refractivity contribution is 6.04. The van der Waals surface area contributed by atoms with E-state index in [1.54, 1.807) is 18.2 Å². The van der Waals surface area contributed by atoms with Crippen molar-refractivity contribution in [1.29, 1.82) is 0 Å². The summed E-state index contributed by atoms with van der Waals surface area (Å²) >= 11 is 0. The highest BCUT2D eigenvalue weighted by Crippen LogP contribution is 2.17. The summed E-state index contributed by atoms with van der Waals surface area (Å²) in [6.07, 6.45) is -4.35. The van der Waals surface area contributed by atoms with Gasteiger partial charge in [-0.3, -0.25) is 4.79 Å². The number of carbonyl (C=O) groups excluding carboxylic acids is 1. The van der Waals surface area contributed by atoms with Crippen LogP contribution in [0.25, 0.3) is 10.9 Å². The Morgan fingerprint density at radius 2 is 1.73 bits per heavy atom. The molecule has 0 unspecified atom stereocenters. The minimum Gasteiger partial charge on any atom is -0.367 e. The molecule has 0 radical (unpaired) electrons. The molecule has 1 N–H and O–H groups in total. The Bertz CT molecular complexity index is 909. The molecule has 0 atom stereocenters. The monoisotopic (exact) mass is 360 g/mol. The molecule has 3 aromatic rings. The molecule has 134 valence electrons. The van der Waals surface area contributed by atoms with Gasteiger partial charge in [0.1, 0.15) is 12.4 Å². The second-order valence-electron chi connectivity index (χ2n) is 5.65. The lowest BCUT2D eigenvalue weighted by molar-refractivity contribution is -0.176. The van der Waals surface area contributed by atoms with Gasteiger partial charge in [-0.25, -0.2) is 4.98 Å². The minimum atomic E-state index is -4.35. The van der Waals surface area contributed by atoms with Crippen molar-refractivity contribution in [3.63, 3.8) is 0 Å². The van der Waals surface area contributed by atoms with E-state index in [0.717, 1.165) is 10.9 Å². The van der Waals surface area contributed by atoms with Crippen LogP contribution in [0.3, 0.4) is 0 Å². The van der Waals surface area contributed by atoms with Gasteiger partial charge in [-0.2, -0.15) is 13.2 Å². The van der Waals surface area contributed by atoms with Crippen molar-refractivity contribution in [3.05, 3.63) is 71.8 Å². The lowest BCUT2D eigenvalue weighted by Crippen LogP contribution is -2.16. The van der Waals surface area contributed by atoms with E-state index in [0.29, 0.717) is 16.9 Å². The Morgan fingerprint density at radius 1 is 1.00 bits per heavy atom. The zero-order valence-corrected chi connectivity index (χ0v) is 13.6. The summed E-state index contributed by atoms with van der Waals surface area (Å²) in [5, 5.41) is 3.67. The van der Waals surface area contributed by atoms with Crippen molar-refractivity contribution in [2.45, 2.75) is 12.8 Å². The molecule has 0 fully saturated rings. The summed E-state index contributed by atoms with van der Waals surface area (Å²) in [5.74, 6) is 0.0711. The van der Waals surface area contributed by atoms with Crippen molar-refractivity contribution in [2.24, 2.45) is 0 Å². The predicted molar refractivity (Wildman–Crippen MR) is 91.8 cm³/mol. The number of fused-ring (bicyclic) bond motifs is 1. The van der Waals surface area contributed by atoms with E-state index in [-0.39, 0.29) is 12.5 Å². The van der Waals surface area contributed by atoms with Gasteiger partial charge in [0.25, 0.3) is 5.91 Å². The fourth-order valence-electron chi connectivity index (χ4n) is 2.36. The van der Waals surface area contributed by atoms with Crippen LogP contribution in [0.4, 0.5) is 19.0 Å². The fourth-order valence-corrected chi connectivity index (χ4v) is 2.36. The molecule has 3 rings (SSSR count). The molecule has 0 aliphatic heterocycles. The number of hydrogen-bond acceptors (Lipinski definition) is 3. The summed E-state index contributed by atoms with van der Waals surface area (Å²) in [6.45, 7) is -1.48. The van der Waals surface area contributed by atoms with Gasteiger partial charge >= 0.3 is 6.18 Å². The van der Waals surface area contributed by atoms with Gasteiger partial charge in [0.2, 0.25) is 0 Å². The third-order valence-electron chi connectivity index (χ3n) is 3.59. The molecule has 26 heavy (non-hydrogen) atoms. The average molecular weight is 360 g/mol. The fraction of sp³-hybridized carbons (Fsp3) is 0.158. The number of benzene rings is 2. The van der Waals surface area contributed by atoms with E-state index in [1.807, 2.05) is 30.3 Å². The van der Waals surface area contributed by atoms with Crippen LogP contribution in [0.5, 0.6) is 0 Å². The Balaban J connectivity index is 1.62. The topological polar surface area (TPSA) is 51.2 Å². The lowest BCUT2D eigenvalue weighted by Gasteiger charge is -2.09. The number of ether oxygens (including phenoxy) is 1. The molecule has 0 aliphatic rings. The number of rotatable bonds is 5. The Labute approximate surface area is 147 Å². The van der Waals surface area contributed by atoms with Crippen LogP contribution in [0.1, 0.15) is 15.9 Å². The van der Waals surface area contributed by atoms with Crippen LogP contribution >= 0.6 is 0 Å². The molecule has 1 heterocycles. The molecule has 0 spiro atoms. The summed E-state index contributed by atoms with van der Waals surface area (Å²) in [6, 6.07) is 17.3. The van der Waals surface area contributed by atoms with Crippen molar-refractivity contribution >= 4 is 22.6 Å². The molecule has 4 nitrogen and oxygen atoms in total. The van der Waals surface area contributed by atoms with Crippen molar-refractivity contribution in [1.82, 2.24) is 4.98 Å². The molecule has 7 heteroatoms. The first kappa shape index (κ1) is 17.9. The second-order valence-corrected chi connectivity index (χ2v) is 5.65. The first-order valence-electron chi connectivity index (χ1n) is 7.81. The molecule has 0 saturated heterocycles. The smallest absolute Gasteiger partial charge is 0.367 e. The largest absolute Gasteiger partial charge is 0.411 e. The maximum absolute atomic E-state index is 12.3. The van der Waals surface area contributed by atoms with E-state index in [9.17, 15) is 18.0 Å². The van der Waals surface area contributed by atoms with Gasteiger partial charge in [0.05, 0.1) is 12.1 Å². The number of nitrogens with one attached hydrogen (secondary N) is 1. The van der Waals surface area contributed by atoms with Gasteiger partial charge < -0.3 is 10.1 Å². The molecule has 0 saturated carbocycles. The summed E-state index contributed by atoms with van der Waals surface area (Å²) in [5.41, 5.74) is 1.69. The van der Waals surface area contributed by atoms with Gasteiger partial charge in [-0.05, 0) is 35.9 Å². The molecule has 1 amide bonds. The Hall–Kier alpha value is -2.93. The number of carbonyl (C=O) groups is 1. The van der Waals surface area contributed by atoms with Crippen molar-refractivity contribution in [2.75, 3.05) is 11.9 Å². The number of pyridine rings is 1. The third kappa shape index (κ3) is 4.80. The predicted octanol–water partition coefficient (Wildman–Crippen LogP) is 4.57. The normalized spacial score (nSPS) is 11.5. The third-order valence-corrected chi connectivity index (χ3v) is 3.59. The average Bonchev–Trinajstić information content (AvgIpc) is 2.61. The number of amides is 1. The van der Waals surface area contributed by atoms with E-state index in [1.165, 1.54) is 12.1 Å². The molecule has 0 aliphatic carbocycles. The summed E-state index contributed by atoms with van der Waals surface area (Å²) < 4.78 is 40.7. The Kier molecular flexibility index (Phi) is 5.18. The summed E-state index contributed by atoms with van der Waals surface area (Å²) in [7, 11) is 0. The van der Waals surface area contributed by atoms with E-state index in [4.69, 9.17) is 0 Å². The standard InChI is InChI=1S/C19H15F3N2O2/c20-19(21,22)12-26-11-13-5-7-15(8-6-13)18(25)24-17-10-9-14-3-1-2-4-16(14)23-17/h1-10H,11-12H2,(H,23,24,25). The highest BCUT2D eigenvalue weighted by atomic mass is 19.4. The number of halogens is 3. The molecular formula is C19H15F3N2O2. The number of nitrogens with zero attached hydrogens (tertiary/aromatic N) is 1. The first-order chi connectivity index (χ1) is 12.4. The maximum atomic E-state index is 12.3. The number of hydrogen-bond donors (Lipinski definition) is 1. The number of alkyl halides is 3. The second kappa shape index (κ2) is 7.53. The van der Waals surface area contributed by atoms with Crippen LogP contribution in [-0.4, -0.2) is 23.7 Å². The first-order valence-corrected chi connectivity index (χ1v) is 7.81. The van der Waals surface area contributed by atoms with Gasteiger partial charge in [-0.15, -0.1) is 0 Å². The molecule has 0 bridgehead atoms. The Morgan fingerprint density at radius 3 is 2.46 bits per heavy atom. The van der Waals surface area contributed by atoms with Crippen LogP contribution in [0.15, 0.2) is 60.7 Å². The van der Waals surface area contributed by atoms with Gasteiger partial charge in [0, 0.05) is 10.9 Å². The SMILES string of the molecule is O=C(Nc1ccc2ccccc2n1)c1ccc(COCC(F)(F)F)cc1. The molecule has 2 aromatic carbocycles. The highest BCUT2D eigenvalue weighted by Gasteiger charge is 2.27. The molecule has 1 aromatic heterocycles. The van der Waals surface area contributed by atoms with Crippen molar-refractivity contribution in [3.8, 4) is 0 Å². The quantitative estimate of drug-likeness (QED) is 0.725.